The minimum absolute atomic E-state index is 0.121. The van der Waals surface area contributed by atoms with Crippen LogP contribution in [0, 0.1) is 6.92 Å². The first-order valence-electron chi connectivity index (χ1n) is 5.72. The Kier molecular flexibility index (Phi) is 4.11. The predicted octanol–water partition coefficient (Wildman–Crippen LogP) is 3.15. The molecule has 0 fully saturated rings. The standard InChI is InChI=1S/C15H15O2P/c1-11-7-6-10-13(17-2)14(11)15(16)18-12-8-4-3-5-9-12/h3-10,18H,1-2H3. The van der Waals surface area contributed by atoms with Crippen molar-refractivity contribution < 1.29 is 9.53 Å². The Bertz CT molecular complexity index is 550. The number of carbonyl (C=O) groups excluding carboxylic acids is 1. The smallest absolute Gasteiger partial charge is 0.189 e. The van der Waals surface area contributed by atoms with Crippen LogP contribution in [-0.2, 0) is 0 Å². The van der Waals surface area contributed by atoms with Gasteiger partial charge < -0.3 is 4.74 Å². The molecule has 0 N–H and O–H groups in total. The molecular weight excluding hydrogens is 243 g/mol. The molecule has 0 amide bonds. The maximum absolute atomic E-state index is 12.3. The Hall–Kier alpha value is -1.66. The highest BCUT2D eigenvalue weighted by molar-refractivity contribution is 7.66. The Morgan fingerprint density at radius 1 is 1.06 bits per heavy atom. The zero-order valence-electron chi connectivity index (χ0n) is 10.4. The first-order valence-corrected chi connectivity index (χ1v) is 6.72. The fourth-order valence-electron chi connectivity index (χ4n) is 1.82. The first-order chi connectivity index (χ1) is 8.72. The summed E-state index contributed by atoms with van der Waals surface area (Å²) in [5.41, 5.74) is 1.78. The van der Waals surface area contributed by atoms with Crippen molar-refractivity contribution in [1.82, 2.24) is 0 Å². The molecule has 2 aromatic rings. The summed E-state index contributed by atoms with van der Waals surface area (Å²) in [6.45, 7) is 1.94. The maximum atomic E-state index is 12.3. The summed E-state index contributed by atoms with van der Waals surface area (Å²) in [5, 5.41) is 1.05. The summed E-state index contributed by atoms with van der Waals surface area (Å²) >= 11 is 0. The zero-order valence-corrected chi connectivity index (χ0v) is 11.4. The van der Waals surface area contributed by atoms with Crippen molar-refractivity contribution in [3.8, 4) is 5.75 Å². The van der Waals surface area contributed by atoms with Gasteiger partial charge in [0.1, 0.15) is 5.75 Å². The van der Waals surface area contributed by atoms with E-state index < -0.39 is 0 Å². The van der Waals surface area contributed by atoms with Crippen molar-refractivity contribution in [3.05, 3.63) is 59.7 Å². The molecule has 1 unspecified atom stereocenters. The largest absolute Gasteiger partial charge is 0.496 e. The van der Waals surface area contributed by atoms with Crippen LogP contribution in [0.5, 0.6) is 5.75 Å². The number of aryl methyl sites for hydroxylation is 1. The fourth-order valence-corrected chi connectivity index (χ4v) is 2.88. The maximum Gasteiger partial charge on any atom is 0.189 e. The molecule has 0 radical (unpaired) electrons. The summed E-state index contributed by atoms with van der Waals surface area (Å²) in [5.74, 6) is 0.656. The highest BCUT2D eigenvalue weighted by Gasteiger charge is 2.15. The van der Waals surface area contributed by atoms with Gasteiger partial charge in [-0.2, -0.15) is 0 Å². The summed E-state index contributed by atoms with van der Waals surface area (Å²) in [6, 6.07) is 15.5. The predicted molar refractivity (Wildman–Crippen MR) is 76.5 cm³/mol. The fraction of sp³-hybridized carbons (Fsp3) is 0.133. The lowest BCUT2D eigenvalue weighted by Crippen LogP contribution is -2.04. The van der Waals surface area contributed by atoms with Crippen LogP contribution in [0.15, 0.2) is 48.5 Å². The van der Waals surface area contributed by atoms with Gasteiger partial charge in [-0.05, 0) is 32.4 Å². The molecule has 0 saturated heterocycles. The van der Waals surface area contributed by atoms with Crippen LogP contribution in [0.3, 0.4) is 0 Å². The van der Waals surface area contributed by atoms with E-state index in [1.807, 2.05) is 55.5 Å². The molecule has 0 saturated carbocycles. The molecule has 18 heavy (non-hydrogen) atoms. The molecule has 0 bridgehead atoms. The van der Waals surface area contributed by atoms with Gasteiger partial charge in [0.05, 0.1) is 12.7 Å². The van der Waals surface area contributed by atoms with Crippen LogP contribution in [0.2, 0.25) is 0 Å². The number of ether oxygens (including phenoxy) is 1. The van der Waals surface area contributed by atoms with Crippen molar-refractivity contribution in [2.24, 2.45) is 0 Å². The van der Waals surface area contributed by atoms with E-state index in [0.29, 0.717) is 11.3 Å². The minimum Gasteiger partial charge on any atom is -0.496 e. The van der Waals surface area contributed by atoms with Gasteiger partial charge in [0.25, 0.3) is 0 Å². The third-order valence-corrected chi connectivity index (χ3v) is 3.81. The molecule has 2 rings (SSSR count). The first kappa shape index (κ1) is 12.8. The van der Waals surface area contributed by atoms with E-state index in [0.717, 1.165) is 10.9 Å². The van der Waals surface area contributed by atoms with Gasteiger partial charge in [0.2, 0.25) is 0 Å². The van der Waals surface area contributed by atoms with Crippen LogP contribution in [0.4, 0.5) is 0 Å². The van der Waals surface area contributed by atoms with Crippen molar-refractivity contribution >= 4 is 19.4 Å². The van der Waals surface area contributed by atoms with Crippen molar-refractivity contribution in [3.63, 3.8) is 0 Å². The average molecular weight is 258 g/mol. The Balaban J connectivity index is 2.29. The van der Waals surface area contributed by atoms with Crippen LogP contribution < -0.4 is 10.0 Å². The second-order valence-corrected chi connectivity index (χ2v) is 5.25. The number of benzene rings is 2. The molecule has 2 aromatic carbocycles. The number of carbonyl (C=O) groups is 1. The summed E-state index contributed by atoms with van der Waals surface area (Å²) < 4.78 is 5.27. The molecule has 92 valence electrons. The second-order valence-electron chi connectivity index (χ2n) is 3.97. The van der Waals surface area contributed by atoms with E-state index in [-0.39, 0.29) is 14.1 Å². The molecule has 0 aromatic heterocycles. The van der Waals surface area contributed by atoms with Gasteiger partial charge in [-0.1, -0.05) is 42.5 Å². The SMILES string of the molecule is COc1cccc(C)c1C(=O)Pc1ccccc1. The Morgan fingerprint density at radius 3 is 2.44 bits per heavy atom. The zero-order chi connectivity index (χ0) is 13.0. The quantitative estimate of drug-likeness (QED) is 0.787. The monoisotopic (exact) mass is 258 g/mol. The molecule has 2 nitrogen and oxygen atoms in total. The van der Waals surface area contributed by atoms with E-state index in [1.54, 1.807) is 7.11 Å². The van der Waals surface area contributed by atoms with E-state index in [1.165, 1.54) is 0 Å². The van der Waals surface area contributed by atoms with Crippen molar-refractivity contribution in [1.29, 1.82) is 0 Å². The minimum atomic E-state index is 0.121. The third-order valence-electron chi connectivity index (χ3n) is 2.71. The molecule has 0 aliphatic heterocycles. The van der Waals surface area contributed by atoms with Gasteiger partial charge in [-0.25, -0.2) is 0 Å². The molecule has 0 aliphatic rings. The molecule has 0 heterocycles. The van der Waals surface area contributed by atoms with E-state index in [2.05, 4.69) is 0 Å². The Morgan fingerprint density at radius 2 is 1.78 bits per heavy atom. The molecular formula is C15H15O2P. The van der Waals surface area contributed by atoms with Crippen LogP contribution >= 0.6 is 8.58 Å². The second kappa shape index (κ2) is 5.79. The van der Waals surface area contributed by atoms with Gasteiger partial charge in [0.15, 0.2) is 5.52 Å². The van der Waals surface area contributed by atoms with Crippen molar-refractivity contribution in [2.45, 2.75) is 6.92 Å². The third kappa shape index (κ3) is 2.77. The average Bonchev–Trinajstić information content (AvgIpc) is 2.39. The number of methoxy groups -OCH3 is 1. The van der Waals surface area contributed by atoms with E-state index >= 15 is 0 Å². The van der Waals surface area contributed by atoms with Gasteiger partial charge >= 0.3 is 0 Å². The molecule has 0 spiro atoms. The van der Waals surface area contributed by atoms with Gasteiger partial charge in [-0.3, -0.25) is 4.79 Å². The van der Waals surface area contributed by atoms with E-state index in [4.69, 9.17) is 4.74 Å². The lowest BCUT2D eigenvalue weighted by molar-refractivity contribution is 0.108. The number of rotatable bonds is 4. The van der Waals surface area contributed by atoms with Crippen LogP contribution in [-0.4, -0.2) is 12.6 Å². The number of hydrogen-bond donors (Lipinski definition) is 0. The lowest BCUT2D eigenvalue weighted by atomic mass is 10.1. The highest BCUT2D eigenvalue weighted by Crippen LogP contribution is 2.28. The highest BCUT2D eigenvalue weighted by atomic mass is 31.1. The number of hydrogen-bond acceptors (Lipinski definition) is 2. The lowest BCUT2D eigenvalue weighted by Gasteiger charge is -2.10. The topological polar surface area (TPSA) is 26.3 Å². The van der Waals surface area contributed by atoms with Crippen LogP contribution in [0.1, 0.15) is 15.9 Å². The molecule has 1 atom stereocenters. The molecule has 3 heteroatoms. The summed E-state index contributed by atoms with van der Waals surface area (Å²) in [7, 11) is 1.73. The summed E-state index contributed by atoms with van der Waals surface area (Å²) in [6.07, 6.45) is 0. The van der Waals surface area contributed by atoms with E-state index in [9.17, 15) is 4.79 Å². The van der Waals surface area contributed by atoms with Gasteiger partial charge in [-0.15, -0.1) is 0 Å². The van der Waals surface area contributed by atoms with Crippen molar-refractivity contribution in [2.75, 3.05) is 7.11 Å². The normalized spacial score (nSPS) is 10.8. The summed E-state index contributed by atoms with van der Waals surface area (Å²) in [4.78, 5) is 12.3. The van der Waals surface area contributed by atoms with Crippen LogP contribution in [0.25, 0.3) is 0 Å². The van der Waals surface area contributed by atoms with Gasteiger partial charge in [0, 0.05) is 0 Å². The Labute approximate surface area is 109 Å². The molecule has 0 aliphatic carbocycles.